The molecule has 2 aliphatic carbocycles. The van der Waals surface area contributed by atoms with Crippen LogP contribution < -0.4 is 19.6 Å². The van der Waals surface area contributed by atoms with E-state index < -0.39 is 10.8 Å². The number of hydrogen-bond donors (Lipinski definition) is 0. The van der Waals surface area contributed by atoms with Gasteiger partial charge in [0.25, 0.3) is 0 Å². The molecule has 0 N–H and O–H groups in total. The van der Waals surface area contributed by atoms with Gasteiger partial charge in [-0.1, -0.05) is 393 Å². The van der Waals surface area contributed by atoms with Gasteiger partial charge >= 0.3 is 0 Å². The fraction of sp³-hybridized carbons (Fsp3) is 0.242. The highest BCUT2D eigenvalue weighted by molar-refractivity contribution is 6.22. The van der Waals surface area contributed by atoms with Crippen molar-refractivity contribution in [2.24, 2.45) is 0 Å². The number of rotatable bonds is 6. The minimum atomic E-state index is -1.32. The molecule has 6 aliphatic heterocycles. The molecular weight excluding hydrogens is 1640 g/mol. The van der Waals surface area contributed by atoms with Crippen LogP contribution in [0.5, 0.6) is 0 Å². The molecule has 6 heterocycles. The Morgan fingerprint density at radius 3 is 0.515 bits per heavy atom. The summed E-state index contributed by atoms with van der Waals surface area (Å²) in [6.07, 6.45) is 1.79. The van der Waals surface area contributed by atoms with E-state index >= 15 is 0 Å². The van der Waals surface area contributed by atoms with Crippen LogP contribution in [0.2, 0.25) is 0 Å². The van der Waals surface area contributed by atoms with Crippen LogP contribution in [0.4, 0.5) is 68.2 Å². The molecule has 0 aromatic heterocycles. The van der Waals surface area contributed by atoms with E-state index in [1.165, 1.54) is 111 Å². The molecule has 0 saturated heterocycles. The molecule has 0 unspecified atom stereocenters. The normalized spacial score (nSPS) is 16.2. The quantitative estimate of drug-likeness (QED) is 0.164. The van der Waals surface area contributed by atoms with Crippen LogP contribution in [0, 0.1) is 0 Å². The summed E-state index contributed by atoms with van der Waals surface area (Å²) in [5.74, 6) is 0. The van der Waals surface area contributed by atoms with Gasteiger partial charge in [-0.2, -0.15) is 0 Å². The van der Waals surface area contributed by atoms with Crippen LogP contribution in [0.15, 0.2) is 376 Å². The molecule has 8 aliphatic rings. The monoisotopic (exact) mass is 1770 g/mol. The van der Waals surface area contributed by atoms with Crippen LogP contribution in [0.25, 0.3) is 65.3 Å². The molecular formula is C132H126N4. The maximum Gasteiger partial charge on any atom is 0.0643 e. The van der Waals surface area contributed by atoms with Gasteiger partial charge in [-0.3, -0.25) is 0 Å². The molecule has 136 heavy (non-hydrogen) atoms. The molecule has 4 heteroatoms. The summed E-state index contributed by atoms with van der Waals surface area (Å²) in [6, 6.07) is 151. The first kappa shape index (κ1) is 87.5. The van der Waals surface area contributed by atoms with E-state index in [9.17, 15) is 0 Å². The number of fused-ring (bicyclic) bond motifs is 14. The van der Waals surface area contributed by atoms with Gasteiger partial charge in [0, 0.05) is 67.0 Å². The highest BCUT2D eigenvalue weighted by Crippen LogP contribution is 2.75. The number of hydrogen-bond acceptors (Lipinski definition) is 4. The van der Waals surface area contributed by atoms with E-state index in [4.69, 9.17) is 0 Å². The molecule has 16 bridgehead atoms. The fourth-order valence-corrected chi connectivity index (χ4v) is 25.0. The van der Waals surface area contributed by atoms with Gasteiger partial charge in [-0.25, -0.2) is 0 Å². The number of benzene rings is 18. The minimum absolute atomic E-state index is 0.117. The predicted octanol–water partition coefficient (Wildman–Crippen LogP) is 36.6. The van der Waals surface area contributed by atoms with Gasteiger partial charge in [0.15, 0.2) is 0 Å². The lowest BCUT2D eigenvalue weighted by atomic mass is 9.49. The van der Waals surface area contributed by atoms with E-state index in [2.05, 4.69) is 534 Å². The summed E-state index contributed by atoms with van der Waals surface area (Å²) in [5.41, 5.74) is 31.0. The molecule has 674 valence electrons. The molecule has 0 amide bonds. The van der Waals surface area contributed by atoms with Crippen LogP contribution in [0.1, 0.15) is 229 Å². The topological polar surface area (TPSA) is 13.0 Å². The van der Waals surface area contributed by atoms with E-state index in [0.29, 0.717) is 0 Å². The van der Waals surface area contributed by atoms with Crippen molar-refractivity contribution < 1.29 is 0 Å². The molecule has 18 aromatic rings. The lowest BCUT2D eigenvalue weighted by Crippen LogP contribution is -2.50. The second kappa shape index (κ2) is 31.4. The van der Waals surface area contributed by atoms with Crippen LogP contribution in [-0.4, -0.2) is 0 Å². The maximum absolute atomic E-state index is 2.74. The van der Waals surface area contributed by atoms with Crippen molar-refractivity contribution in [3.63, 3.8) is 0 Å². The van der Waals surface area contributed by atoms with Gasteiger partial charge in [0.05, 0.1) is 33.6 Å². The summed E-state index contributed by atoms with van der Waals surface area (Å²) in [5, 5.41) is 9.25. The SMILES string of the molecule is CC(C)(C)c1ccc(N2c3ccc(cc3)C(C)(C)CC(C)(C)c3ccc(cc3)N(c3ccc(C(C)(C)C)cc3)c3cc4c(c5ccccc35)-c3c5cc(c6ccccc36)N(c3ccc(C(C)(C)C)cc3)c3ccc(cc3)C(C)(C)CC(C)(C)c3ccc(cc3)N(c3ccc(C(C)(C)C)cc3)c3cc6c(c7ccccc37)-c3c(cc2c2ccccc32)C6(c2ccccc2)C45c2ccccc2)cc1. The fourth-order valence-electron chi connectivity index (χ4n) is 25.0. The van der Waals surface area contributed by atoms with E-state index in [1.807, 2.05) is 0 Å². The van der Waals surface area contributed by atoms with Gasteiger partial charge in [0.2, 0.25) is 0 Å². The number of nitrogens with zero attached hydrogens (tertiary/aromatic N) is 4. The first-order valence-corrected chi connectivity index (χ1v) is 49.4. The third-order valence-electron chi connectivity index (χ3n) is 31.5. The molecule has 0 saturated carbocycles. The Labute approximate surface area is 807 Å². The van der Waals surface area contributed by atoms with Crippen molar-refractivity contribution in [1.82, 2.24) is 0 Å². The zero-order valence-corrected chi connectivity index (χ0v) is 83.0. The molecule has 18 aromatic carbocycles. The van der Waals surface area contributed by atoms with Crippen molar-refractivity contribution in [1.29, 1.82) is 0 Å². The van der Waals surface area contributed by atoms with E-state index in [1.54, 1.807) is 0 Å². The van der Waals surface area contributed by atoms with Crippen molar-refractivity contribution in [3.8, 4) is 22.3 Å². The number of anilines is 12. The summed E-state index contributed by atoms with van der Waals surface area (Å²) < 4.78 is 0. The highest BCUT2D eigenvalue weighted by Gasteiger charge is 2.66. The predicted molar refractivity (Wildman–Crippen MR) is 581 cm³/mol. The summed E-state index contributed by atoms with van der Waals surface area (Å²) in [4.78, 5) is 10.5. The lowest BCUT2D eigenvalue weighted by Gasteiger charge is -2.51. The van der Waals surface area contributed by atoms with Crippen LogP contribution in [-0.2, 0) is 54.1 Å². The second-order valence-electron chi connectivity index (χ2n) is 46.3. The molecule has 26 rings (SSSR count). The summed E-state index contributed by atoms with van der Waals surface area (Å²) in [7, 11) is 0. The van der Waals surface area contributed by atoms with Crippen molar-refractivity contribution >= 4 is 111 Å². The minimum Gasteiger partial charge on any atom is -0.310 e. The molecule has 0 radical (unpaired) electrons. The Morgan fingerprint density at radius 1 is 0.176 bits per heavy atom. The Kier molecular flexibility index (Phi) is 20.2. The summed E-state index contributed by atoms with van der Waals surface area (Å²) >= 11 is 0. The molecule has 0 spiro atoms. The van der Waals surface area contributed by atoms with E-state index in [0.717, 1.165) is 114 Å². The van der Waals surface area contributed by atoms with Crippen molar-refractivity contribution in [2.75, 3.05) is 19.6 Å². The Bertz CT molecular complexity index is 6840. The Morgan fingerprint density at radius 2 is 0.338 bits per heavy atom. The Hall–Kier alpha value is -13.8. The largest absolute Gasteiger partial charge is 0.310 e. The Balaban J connectivity index is 1.02. The molecule has 4 nitrogen and oxygen atoms in total. The van der Waals surface area contributed by atoms with Crippen LogP contribution >= 0.6 is 0 Å². The average molecular weight is 1770 g/mol. The van der Waals surface area contributed by atoms with Gasteiger partial charge in [0.1, 0.15) is 0 Å². The summed E-state index contributed by atoms with van der Waals surface area (Å²) in [6.45, 7) is 47.7. The average Bonchev–Trinajstić information content (AvgIpc) is 1.46. The smallest absolute Gasteiger partial charge is 0.0643 e. The van der Waals surface area contributed by atoms with Gasteiger partial charge in [-0.15, -0.1) is 0 Å². The zero-order chi connectivity index (χ0) is 94.5. The third-order valence-corrected chi connectivity index (χ3v) is 31.5. The first-order chi connectivity index (χ1) is 64.9. The molecule has 0 fully saturated rings. The third kappa shape index (κ3) is 13.8. The zero-order valence-electron chi connectivity index (χ0n) is 83.0. The maximum atomic E-state index is 2.74. The second-order valence-corrected chi connectivity index (χ2v) is 46.3. The lowest BCUT2D eigenvalue weighted by molar-refractivity contribution is 0.348. The molecule has 0 atom stereocenters. The van der Waals surface area contributed by atoms with Crippen LogP contribution in [0.3, 0.4) is 0 Å². The van der Waals surface area contributed by atoms with Crippen molar-refractivity contribution in [3.05, 3.63) is 454 Å². The highest BCUT2D eigenvalue weighted by atomic mass is 15.2. The van der Waals surface area contributed by atoms with Gasteiger partial charge in [-0.05, 0) is 299 Å². The standard InChI is InChI=1S/C132H126N4/c1-123(2,3)85-47-63-95(64-48-85)133-99-71-55-89(56-72-99)127(13,14)83-128(15,16)90-57-73-101(74-58-90)135(97-67-51-87(52-68-97)125(7,8)9)117-81-113-121(109-45-33-29-41-105(109)117)122-110-46-34-30-42-106(110)118-82-114(122)132(113,94-37-25-22-26-38-94)131(93-35-23-21-24-36-93)111-79-115(133)103-39-27-31-43-107(103)119(111)120-108-44-32-28-40-104(108)116(80-112(120)131)134(96-65-49-86(50-66-96)124(4,5)6)100-75-59-91(60-76-100)129(17,18)84-130(19,20)92-61-77-102(78-62-92)136(118)98-69-53-88(54-70-98)126(10,11)12/h21-82H,83-84H2,1-20H3. The first-order valence-electron chi connectivity index (χ1n) is 49.4. The van der Waals surface area contributed by atoms with Crippen molar-refractivity contribution in [2.45, 2.75) is 205 Å². The van der Waals surface area contributed by atoms with Gasteiger partial charge < -0.3 is 19.6 Å². The van der Waals surface area contributed by atoms with E-state index in [-0.39, 0.29) is 43.3 Å².